The van der Waals surface area contributed by atoms with Crippen molar-refractivity contribution in [3.63, 3.8) is 0 Å². The summed E-state index contributed by atoms with van der Waals surface area (Å²) in [7, 11) is 0. The number of carboxylic acid groups (broad SMARTS) is 1. The van der Waals surface area contributed by atoms with Crippen molar-refractivity contribution in [2.24, 2.45) is 0 Å². The second-order valence-electron chi connectivity index (χ2n) is 10.4. The molecule has 5 heterocycles. The summed E-state index contributed by atoms with van der Waals surface area (Å²) in [5.74, 6) is -0.980. The number of ether oxygens (including phenoxy) is 1. The molecule has 1 aromatic carbocycles. The lowest BCUT2D eigenvalue weighted by Gasteiger charge is -2.39. The van der Waals surface area contributed by atoms with Crippen molar-refractivity contribution >= 4 is 34.2 Å². The predicted molar refractivity (Wildman–Crippen MR) is 148 cm³/mol. The van der Waals surface area contributed by atoms with Crippen LogP contribution in [0, 0.1) is 5.82 Å². The van der Waals surface area contributed by atoms with Crippen molar-refractivity contribution < 1.29 is 24.1 Å². The Balaban J connectivity index is 1.20. The van der Waals surface area contributed by atoms with Crippen molar-refractivity contribution in [2.45, 2.75) is 13.0 Å². The third kappa shape index (κ3) is 4.58. The number of carboxylic acids is 1. The molecule has 0 radical (unpaired) electrons. The van der Waals surface area contributed by atoms with Crippen molar-refractivity contribution in [2.75, 3.05) is 86.8 Å². The summed E-state index contributed by atoms with van der Waals surface area (Å²) in [5.41, 5.74) is 0.507. The number of benzene rings is 1. The molecule has 3 aliphatic rings. The highest BCUT2D eigenvalue weighted by molar-refractivity contribution is 5.97. The number of carbonyl (C=O) groups is 1. The average Bonchev–Trinajstić information content (AvgIpc) is 2.96. The summed E-state index contributed by atoms with van der Waals surface area (Å²) < 4.78 is 23.3. The molecule has 13 heteroatoms. The van der Waals surface area contributed by atoms with Gasteiger partial charge in [-0.3, -0.25) is 9.69 Å². The average molecular weight is 554 g/mol. The molecular formula is C27H32FN7O5. The van der Waals surface area contributed by atoms with Crippen LogP contribution in [0.3, 0.4) is 0 Å². The van der Waals surface area contributed by atoms with Gasteiger partial charge >= 0.3 is 5.97 Å². The molecule has 2 saturated heterocycles. The summed E-state index contributed by atoms with van der Waals surface area (Å²) in [6.07, 6.45) is 4.98. The minimum atomic E-state index is -1.34. The Morgan fingerprint density at radius 1 is 1.05 bits per heavy atom. The van der Waals surface area contributed by atoms with Gasteiger partial charge in [0.05, 0.1) is 41.6 Å². The van der Waals surface area contributed by atoms with Crippen LogP contribution in [0.1, 0.15) is 23.3 Å². The van der Waals surface area contributed by atoms with E-state index < -0.39 is 17.2 Å². The standard InChI is InChI=1S/C27H32FN7O5/c1-17-16-40-25-22-19(24(37)20(26(38)39)15-35(17)22)12-21(28)23(25)33-8-6-32(7-9-33)18-13-29-27(30-14-18)34-4-2-31(3-5-34)10-11-36/h12-15,17,36H,2-11,16H2,1H3,(H,38,39)/t17-/m0/s1. The summed E-state index contributed by atoms with van der Waals surface area (Å²) in [6.45, 7) is 8.54. The second-order valence-corrected chi connectivity index (χ2v) is 10.4. The maximum Gasteiger partial charge on any atom is 0.341 e. The maximum atomic E-state index is 15.6. The van der Waals surface area contributed by atoms with Crippen LogP contribution in [0.4, 0.5) is 21.7 Å². The van der Waals surface area contributed by atoms with Gasteiger partial charge in [0.25, 0.3) is 0 Å². The first-order valence-electron chi connectivity index (χ1n) is 13.5. The fourth-order valence-corrected chi connectivity index (χ4v) is 5.80. The molecule has 2 fully saturated rings. The number of pyridine rings is 1. The molecule has 2 N–H and O–H groups in total. The Hall–Kier alpha value is -3.97. The molecular weight excluding hydrogens is 521 g/mol. The molecule has 0 saturated carbocycles. The predicted octanol–water partition coefficient (Wildman–Crippen LogP) is 1.02. The number of aromatic carboxylic acids is 1. The van der Waals surface area contributed by atoms with Crippen LogP contribution in [0.25, 0.3) is 10.9 Å². The number of β-amino-alcohol motifs (C(OH)–C–C–N with tert-alkyl or cyclic N) is 1. The highest BCUT2D eigenvalue weighted by Gasteiger charge is 2.31. The molecule has 40 heavy (non-hydrogen) atoms. The minimum Gasteiger partial charge on any atom is -0.487 e. The van der Waals surface area contributed by atoms with E-state index in [1.165, 1.54) is 6.20 Å². The Bertz CT molecular complexity index is 1480. The zero-order valence-corrected chi connectivity index (χ0v) is 22.3. The molecule has 0 amide bonds. The van der Waals surface area contributed by atoms with Gasteiger partial charge in [0.15, 0.2) is 11.6 Å². The Labute approximate surface area is 229 Å². The minimum absolute atomic E-state index is 0.00776. The smallest absolute Gasteiger partial charge is 0.341 e. The van der Waals surface area contributed by atoms with Crippen molar-refractivity contribution in [1.82, 2.24) is 19.4 Å². The molecule has 2 aromatic heterocycles. The molecule has 1 atom stereocenters. The van der Waals surface area contributed by atoms with E-state index in [1.54, 1.807) is 4.57 Å². The number of nitrogens with zero attached hydrogens (tertiary/aromatic N) is 7. The monoisotopic (exact) mass is 553 g/mol. The normalized spacial score (nSPS) is 19.7. The quantitative estimate of drug-likeness (QED) is 0.454. The Morgan fingerprint density at radius 3 is 2.35 bits per heavy atom. The van der Waals surface area contributed by atoms with E-state index in [1.807, 2.05) is 24.2 Å². The second kappa shape index (κ2) is 10.5. The lowest BCUT2D eigenvalue weighted by Crippen LogP contribution is -2.48. The third-order valence-electron chi connectivity index (χ3n) is 8.03. The topological polar surface area (TPSA) is 128 Å². The number of aliphatic hydroxyl groups is 1. The van der Waals surface area contributed by atoms with Gasteiger partial charge in [-0.2, -0.15) is 0 Å². The highest BCUT2D eigenvalue weighted by atomic mass is 19.1. The van der Waals surface area contributed by atoms with Crippen LogP contribution < -0.4 is 24.9 Å². The Kier molecular flexibility index (Phi) is 6.92. The SMILES string of the molecule is C[C@H]1COc2c(N3CCN(c4cnc(N5CCN(CCO)CC5)nc4)CC3)c(F)cc3c(=O)c(C(=O)O)cn1c23. The third-order valence-corrected chi connectivity index (χ3v) is 8.03. The molecule has 6 rings (SSSR count). The number of rotatable bonds is 6. The number of aromatic nitrogens is 3. The van der Waals surface area contributed by atoms with Crippen LogP contribution in [-0.2, 0) is 0 Å². The van der Waals surface area contributed by atoms with Crippen LogP contribution in [0.2, 0.25) is 0 Å². The van der Waals surface area contributed by atoms with Gasteiger partial charge in [0.2, 0.25) is 11.4 Å². The van der Waals surface area contributed by atoms with Gasteiger partial charge in [-0.1, -0.05) is 0 Å². The molecule has 12 nitrogen and oxygen atoms in total. The zero-order valence-electron chi connectivity index (χ0n) is 22.3. The number of piperazine rings is 2. The van der Waals surface area contributed by atoms with Crippen molar-refractivity contribution in [3.05, 3.63) is 46.3 Å². The first kappa shape index (κ1) is 26.3. The summed E-state index contributed by atoms with van der Waals surface area (Å²) in [6, 6.07) is 0.930. The first-order chi connectivity index (χ1) is 19.4. The van der Waals surface area contributed by atoms with E-state index in [-0.39, 0.29) is 36.0 Å². The van der Waals surface area contributed by atoms with E-state index in [9.17, 15) is 14.7 Å². The van der Waals surface area contributed by atoms with E-state index >= 15 is 4.39 Å². The molecule has 3 aliphatic heterocycles. The van der Waals surface area contributed by atoms with Gasteiger partial charge in [-0.25, -0.2) is 19.2 Å². The Morgan fingerprint density at radius 2 is 1.70 bits per heavy atom. The first-order valence-corrected chi connectivity index (χ1v) is 13.5. The van der Waals surface area contributed by atoms with Gasteiger partial charge in [0.1, 0.15) is 17.9 Å². The molecule has 212 valence electrons. The summed E-state index contributed by atoms with van der Waals surface area (Å²) >= 11 is 0. The van der Waals surface area contributed by atoms with Crippen LogP contribution in [0.15, 0.2) is 29.5 Å². The molecule has 0 unspecified atom stereocenters. The highest BCUT2D eigenvalue weighted by Crippen LogP contribution is 2.42. The maximum absolute atomic E-state index is 15.6. The number of aliphatic hydroxyl groups excluding tert-OH is 1. The van der Waals surface area contributed by atoms with Crippen molar-refractivity contribution in [1.29, 1.82) is 0 Å². The number of halogens is 1. The van der Waals surface area contributed by atoms with E-state index in [0.717, 1.165) is 37.9 Å². The summed E-state index contributed by atoms with van der Waals surface area (Å²) in [5, 5.41) is 18.6. The van der Waals surface area contributed by atoms with Gasteiger partial charge in [-0.05, 0) is 13.0 Å². The van der Waals surface area contributed by atoms with Gasteiger partial charge in [-0.15, -0.1) is 0 Å². The molecule has 0 aliphatic carbocycles. The lowest BCUT2D eigenvalue weighted by molar-refractivity contribution is 0.0694. The number of anilines is 3. The van der Waals surface area contributed by atoms with Gasteiger partial charge < -0.3 is 34.2 Å². The molecule has 0 bridgehead atoms. The van der Waals surface area contributed by atoms with Crippen LogP contribution >= 0.6 is 0 Å². The van der Waals surface area contributed by atoms with E-state index in [0.29, 0.717) is 49.9 Å². The lowest BCUT2D eigenvalue weighted by atomic mass is 10.1. The van der Waals surface area contributed by atoms with Gasteiger partial charge in [0, 0.05) is 65.1 Å². The number of hydrogen-bond donors (Lipinski definition) is 2. The fourth-order valence-electron chi connectivity index (χ4n) is 5.80. The van der Waals surface area contributed by atoms with Crippen molar-refractivity contribution in [3.8, 4) is 5.75 Å². The summed E-state index contributed by atoms with van der Waals surface area (Å²) in [4.78, 5) is 42.1. The van der Waals surface area contributed by atoms with E-state index in [4.69, 9.17) is 9.84 Å². The van der Waals surface area contributed by atoms with E-state index in [2.05, 4.69) is 24.7 Å². The number of hydrogen-bond acceptors (Lipinski definition) is 10. The fraction of sp³-hybridized carbons (Fsp3) is 0.481. The molecule has 3 aromatic rings. The largest absolute Gasteiger partial charge is 0.487 e. The van der Waals surface area contributed by atoms with Crippen LogP contribution in [-0.4, -0.2) is 108 Å². The zero-order chi connectivity index (χ0) is 28.0. The van der Waals surface area contributed by atoms with Crippen LogP contribution in [0.5, 0.6) is 5.75 Å². The molecule has 0 spiro atoms.